The molecular weight excluding hydrogens is 306 g/mol. The maximum Gasteiger partial charge on any atom is 0.227 e. The number of likely N-dealkylation sites (tertiary alicyclic amines) is 1. The molecule has 4 rings (SSSR count). The topological polar surface area (TPSA) is 77.1 Å². The van der Waals surface area contributed by atoms with Gasteiger partial charge >= 0.3 is 0 Å². The lowest BCUT2D eigenvalue weighted by atomic mass is 9.95. The van der Waals surface area contributed by atoms with E-state index in [-0.39, 0.29) is 5.91 Å². The van der Waals surface area contributed by atoms with Gasteiger partial charge in [-0.25, -0.2) is 0 Å². The van der Waals surface area contributed by atoms with Crippen molar-refractivity contribution in [3.8, 4) is 0 Å². The zero-order chi connectivity index (χ0) is 16.7. The van der Waals surface area contributed by atoms with E-state index in [0.717, 1.165) is 67.6 Å². The lowest BCUT2D eigenvalue weighted by molar-refractivity contribution is -0.131. The minimum absolute atomic E-state index is 0.161. The fourth-order valence-corrected chi connectivity index (χ4v) is 3.88. The Hall–Kier alpha value is -2.18. The highest BCUT2D eigenvalue weighted by atomic mass is 16.5. The summed E-state index contributed by atoms with van der Waals surface area (Å²) in [7, 11) is 0. The van der Waals surface area contributed by atoms with Gasteiger partial charge in [-0.15, -0.1) is 10.2 Å². The number of carbonyl (C=O) groups is 1. The molecule has 0 N–H and O–H groups in total. The van der Waals surface area contributed by atoms with E-state index in [4.69, 9.17) is 4.52 Å². The van der Waals surface area contributed by atoms with Gasteiger partial charge in [-0.2, -0.15) is 0 Å². The third kappa shape index (κ3) is 2.61. The van der Waals surface area contributed by atoms with Gasteiger partial charge in [0.2, 0.25) is 5.91 Å². The van der Waals surface area contributed by atoms with E-state index in [9.17, 15) is 4.79 Å². The van der Waals surface area contributed by atoms with Gasteiger partial charge in [0.25, 0.3) is 0 Å². The number of hydrogen-bond acceptors (Lipinski definition) is 5. The molecule has 0 aliphatic carbocycles. The summed E-state index contributed by atoms with van der Waals surface area (Å²) < 4.78 is 7.44. The van der Waals surface area contributed by atoms with Gasteiger partial charge in [-0.1, -0.05) is 5.16 Å². The van der Waals surface area contributed by atoms with Crippen molar-refractivity contribution in [2.75, 3.05) is 13.1 Å². The minimum Gasteiger partial charge on any atom is -0.361 e. The van der Waals surface area contributed by atoms with Gasteiger partial charge in [0.1, 0.15) is 17.4 Å². The average molecular weight is 329 g/mol. The molecule has 1 fully saturated rings. The van der Waals surface area contributed by atoms with Gasteiger partial charge in [0.05, 0.1) is 12.1 Å². The molecule has 0 saturated carbocycles. The summed E-state index contributed by atoms with van der Waals surface area (Å²) in [5.74, 6) is 3.58. The number of aromatic nitrogens is 4. The molecule has 0 radical (unpaired) electrons. The van der Waals surface area contributed by atoms with Crippen molar-refractivity contribution in [3.05, 3.63) is 28.7 Å². The van der Waals surface area contributed by atoms with Crippen molar-refractivity contribution >= 4 is 5.91 Å². The second-order valence-corrected chi connectivity index (χ2v) is 6.86. The first-order chi connectivity index (χ1) is 11.6. The first-order valence-corrected chi connectivity index (χ1v) is 8.75. The van der Waals surface area contributed by atoms with Crippen molar-refractivity contribution in [1.82, 2.24) is 24.8 Å². The Kier molecular flexibility index (Phi) is 3.86. The SMILES string of the molecule is Cc1noc(C)c1CC(=O)N1CCC(c2nnc3n2CCC3)CC1. The molecule has 4 heterocycles. The highest BCUT2D eigenvalue weighted by Gasteiger charge is 2.29. The Morgan fingerprint density at radius 3 is 2.71 bits per heavy atom. The summed E-state index contributed by atoms with van der Waals surface area (Å²) in [5.41, 5.74) is 1.74. The van der Waals surface area contributed by atoms with Crippen LogP contribution in [0.2, 0.25) is 0 Å². The number of nitrogens with zero attached hydrogens (tertiary/aromatic N) is 5. The first kappa shape index (κ1) is 15.4. The Morgan fingerprint density at radius 1 is 1.21 bits per heavy atom. The summed E-state index contributed by atoms with van der Waals surface area (Å²) in [6, 6.07) is 0. The zero-order valence-electron chi connectivity index (χ0n) is 14.3. The van der Waals surface area contributed by atoms with Crippen LogP contribution in [0.25, 0.3) is 0 Å². The van der Waals surface area contributed by atoms with Crippen LogP contribution >= 0.6 is 0 Å². The molecule has 2 aliphatic rings. The number of hydrogen-bond donors (Lipinski definition) is 0. The lowest BCUT2D eigenvalue weighted by Gasteiger charge is -2.31. The Balaban J connectivity index is 1.38. The molecule has 24 heavy (non-hydrogen) atoms. The highest BCUT2D eigenvalue weighted by Crippen LogP contribution is 2.29. The van der Waals surface area contributed by atoms with E-state index in [1.54, 1.807) is 0 Å². The summed E-state index contributed by atoms with van der Waals surface area (Å²) in [6.45, 7) is 6.37. The molecule has 1 amide bonds. The molecule has 2 aromatic heterocycles. The molecule has 128 valence electrons. The molecule has 7 nitrogen and oxygen atoms in total. The number of rotatable bonds is 3. The zero-order valence-corrected chi connectivity index (χ0v) is 14.3. The smallest absolute Gasteiger partial charge is 0.227 e. The minimum atomic E-state index is 0.161. The second-order valence-electron chi connectivity index (χ2n) is 6.86. The Labute approximate surface area is 141 Å². The number of carbonyl (C=O) groups excluding carboxylic acids is 1. The second kappa shape index (κ2) is 6.03. The van der Waals surface area contributed by atoms with Gasteiger partial charge in [-0.3, -0.25) is 4.79 Å². The van der Waals surface area contributed by atoms with Crippen LogP contribution < -0.4 is 0 Å². The molecule has 1 saturated heterocycles. The van der Waals surface area contributed by atoms with Crippen LogP contribution in [0.3, 0.4) is 0 Å². The standard InChI is InChI=1S/C17H23N5O2/c1-11-14(12(2)24-20-11)10-16(23)21-8-5-13(6-9-21)17-19-18-15-4-3-7-22(15)17/h13H,3-10H2,1-2H3. The van der Waals surface area contributed by atoms with Crippen LogP contribution in [0, 0.1) is 13.8 Å². The molecule has 0 bridgehead atoms. The van der Waals surface area contributed by atoms with E-state index < -0.39 is 0 Å². The fourth-order valence-electron chi connectivity index (χ4n) is 3.88. The van der Waals surface area contributed by atoms with Gasteiger partial charge in [-0.05, 0) is 33.1 Å². The van der Waals surface area contributed by atoms with Crippen molar-refractivity contribution in [2.45, 2.75) is 58.4 Å². The van der Waals surface area contributed by atoms with E-state index >= 15 is 0 Å². The van der Waals surface area contributed by atoms with Crippen molar-refractivity contribution < 1.29 is 9.32 Å². The molecule has 7 heteroatoms. The summed E-state index contributed by atoms with van der Waals surface area (Å²) in [6.07, 6.45) is 4.53. The highest BCUT2D eigenvalue weighted by molar-refractivity contribution is 5.79. The fraction of sp³-hybridized carbons (Fsp3) is 0.647. The van der Waals surface area contributed by atoms with E-state index in [0.29, 0.717) is 12.3 Å². The quantitative estimate of drug-likeness (QED) is 0.858. The predicted octanol–water partition coefficient (Wildman–Crippen LogP) is 1.78. The largest absolute Gasteiger partial charge is 0.361 e. The van der Waals surface area contributed by atoms with Crippen LogP contribution in [-0.4, -0.2) is 43.8 Å². The summed E-state index contributed by atoms with van der Waals surface area (Å²) >= 11 is 0. The molecular formula is C17H23N5O2. The molecule has 2 aliphatic heterocycles. The van der Waals surface area contributed by atoms with E-state index in [1.165, 1.54) is 6.42 Å². The lowest BCUT2D eigenvalue weighted by Crippen LogP contribution is -2.39. The third-order valence-electron chi connectivity index (χ3n) is 5.36. The number of aryl methyl sites for hydroxylation is 3. The first-order valence-electron chi connectivity index (χ1n) is 8.75. The summed E-state index contributed by atoms with van der Waals surface area (Å²) in [4.78, 5) is 14.5. The molecule has 2 aromatic rings. The van der Waals surface area contributed by atoms with Crippen LogP contribution in [0.15, 0.2) is 4.52 Å². The normalized spacial score (nSPS) is 18.2. The molecule has 0 spiro atoms. The van der Waals surface area contributed by atoms with Crippen LogP contribution in [-0.2, 0) is 24.2 Å². The Morgan fingerprint density at radius 2 is 2.00 bits per heavy atom. The molecule has 0 atom stereocenters. The van der Waals surface area contributed by atoms with E-state index in [2.05, 4.69) is 19.9 Å². The third-order valence-corrected chi connectivity index (χ3v) is 5.36. The average Bonchev–Trinajstić information content (AvgIpc) is 3.27. The van der Waals surface area contributed by atoms with Crippen LogP contribution in [0.4, 0.5) is 0 Å². The van der Waals surface area contributed by atoms with Crippen LogP contribution in [0.1, 0.15) is 53.8 Å². The van der Waals surface area contributed by atoms with Crippen molar-refractivity contribution in [3.63, 3.8) is 0 Å². The van der Waals surface area contributed by atoms with Crippen molar-refractivity contribution in [1.29, 1.82) is 0 Å². The van der Waals surface area contributed by atoms with Gasteiger partial charge < -0.3 is 14.0 Å². The summed E-state index contributed by atoms with van der Waals surface area (Å²) in [5, 5.41) is 12.6. The molecule has 0 aromatic carbocycles. The molecule has 0 unspecified atom stereocenters. The maximum atomic E-state index is 12.6. The van der Waals surface area contributed by atoms with Crippen LogP contribution in [0.5, 0.6) is 0 Å². The maximum absolute atomic E-state index is 12.6. The van der Waals surface area contributed by atoms with E-state index in [1.807, 2.05) is 18.7 Å². The number of amides is 1. The van der Waals surface area contributed by atoms with Gasteiger partial charge in [0.15, 0.2) is 0 Å². The predicted molar refractivity (Wildman–Crippen MR) is 86.6 cm³/mol. The van der Waals surface area contributed by atoms with Crippen molar-refractivity contribution in [2.24, 2.45) is 0 Å². The van der Waals surface area contributed by atoms with Gasteiger partial charge in [0, 0.05) is 37.5 Å². The monoisotopic (exact) mass is 329 g/mol. The Bertz CT molecular complexity index is 736. The number of piperidine rings is 1. The number of fused-ring (bicyclic) bond motifs is 1.